The van der Waals surface area contributed by atoms with Crippen molar-refractivity contribution in [3.8, 4) is 0 Å². The molecule has 1 aromatic carbocycles. The van der Waals surface area contributed by atoms with E-state index >= 15 is 0 Å². The molecule has 1 aliphatic rings. The lowest BCUT2D eigenvalue weighted by Crippen LogP contribution is -2.42. The molecule has 7 nitrogen and oxygen atoms in total. The van der Waals surface area contributed by atoms with Gasteiger partial charge in [0.15, 0.2) is 5.96 Å². The Labute approximate surface area is 185 Å². The van der Waals surface area contributed by atoms with Crippen molar-refractivity contribution in [2.45, 2.75) is 19.8 Å². The van der Waals surface area contributed by atoms with Gasteiger partial charge in [-0.2, -0.15) is 0 Å². The molecule has 150 valence electrons. The van der Waals surface area contributed by atoms with Gasteiger partial charge in [0.25, 0.3) is 5.91 Å². The summed E-state index contributed by atoms with van der Waals surface area (Å²) in [7, 11) is 0. The van der Waals surface area contributed by atoms with Crippen molar-refractivity contribution < 1.29 is 9.59 Å². The van der Waals surface area contributed by atoms with Gasteiger partial charge in [-0.1, -0.05) is 22.0 Å². The first-order valence-electron chi connectivity index (χ1n) is 8.93. The summed E-state index contributed by atoms with van der Waals surface area (Å²) in [4.78, 5) is 28.0. The van der Waals surface area contributed by atoms with Gasteiger partial charge in [0, 0.05) is 42.1 Å². The van der Waals surface area contributed by atoms with Crippen LogP contribution in [0.2, 0.25) is 0 Å². The Balaban J connectivity index is 0.00000364. The minimum Gasteiger partial charge on any atom is -0.357 e. The van der Waals surface area contributed by atoms with Gasteiger partial charge in [-0.05, 0) is 38.0 Å². The Bertz CT molecular complexity index is 652. The fourth-order valence-electron chi connectivity index (χ4n) is 2.27. The monoisotopic (exact) mass is 551 g/mol. The lowest BCUT2D eigenvalue weighted by atomic mass is 10.2. The van der Waals surface area contributed by atoms with E-state index in [1.807, 2.05) is 19.1 Å². The van der Waals surface area contributed by atoms with Crippen LogP contribution in [0.25, 0.3) is 0 Å². The molecule has 1 aromatic rings. The van der Waals surface area contributed by atoms with Crippen LogP contribution in [0.15, 0.2) is 33.7 Å². The molecule has 4 N–H and O–H groups in total. The molecule has 2 rings (SSSR count). The highest BCUT2D eigenvalue weighted by Gasteiger charge is 2.28. The number of carbonyl (C=O) groups excluding carboxylic acids is 2. The molecule has 0 bridgehead atoms. The van der Waals surface area contributed by atoms with Gasteiger partial charge < -0.3 is 21.3 Å². The summed E-state index contributed by atoms with van der Waals surface area (Å²) in [6.45, 7) is 4.81. The number of nitrogens with one attached hydrogen (secondary N) is 4. The summed E-state index contributed by atoms with van der Waals surface area (Å²) >= 11 is 3.36. The Kier molecular flexibility index (Phi) is 11.3. The second kappa shape index (κ2) is 12.9. The first-order valence-corrected chi connectivity index (χ1v) is 9.73. The van der Waals surface area contributed by atoms with E-state index in [0.717, 1.165) is 23.9 Å². The third-order valence-electron chi connectivity index (χ3n) is 3.76. The predicted molar refractivity (Wildman–Crippen MR) is 122 cm³/mol. The van der Waals surface area contributed by atoms with Crippen LogP contribution >= 0.6 is 39.9 Å². The number of hydrogen-bond acceptors (Lipinski definition) is 3. The van der Waals surface area contributed by atoms with E-state index < -0.39 is 0 Å². The van der Waals surface area contributed by atoms with Crippen molar-refractivity contribution in [2.24, 2.45) is 10.9 Å². The average molecular weight is 552 g/mol. The highest BCUT2D eigenvalue weighted by atomic mass is 127. The molecular weight excluding hydrogens is 525 g/mol. The molecule has 1 saturated carbocycles. The maximum atomic E-state index is 12.1. The number of aliphatic imine (C=N–C) groups is 1. The van der Waals surface area contributed by atoms with Crippen LogP contribution in [0.3, 0.4) is 0 Å². The van der Waals surface area contributed by atoms with Crippen LogP contribution in [-0.4, -0.2) is 50.5 Å². The zero-order valence-corrected chi connectivity index (χ0v) is 19.3. The lowest BCUT2D eigenvalue weighted by molar-refractivity contribution is -0.122. The zero-order valence-electron chi connectivity index (χ0n) is 15.4. The number of halogens is 2. The minimum atomic E-state index is -0.113. The smallest absolute Gasteiger partial charge is 0.251 e. The van der Waals surface area contributed by atoms with Crippen molar-refractivity contribution in [2.75, 3.05) is 32.7 Å². The number of nitrogens with zero attached hydrogens (tertiary/aromatic N) is 1. The van der Waals surface area contributed by atoms with E-state index in [1.54, 1.807) is 12.1 Å². The van der Waals surface area contributed by atoms with E-state index in [0.29, 0.717) is 37.7 Å². The maximum absolute atomic E-state index is 12.1. The third kappa shape index (κ3) is 9.41. The Morgan fingerprint density at radius 2 is 1.85 bits per heavy atom. The number of rotatable bonds is 9. The van der Waals surface area contributed by atoms with Crippen molar-refractivity contribution in [3.05, 3.63) is 34.3 Å². The van der Waals surface area contributed by atoms with Crippen molar-refractivity contribution in [1.82, 2.24) is 21.3 Å². The summed E-state index contributed by atoms with van der Waals surface area (Å²) in [6, 6.07) is 7.26. The molecule has 9 heteroatoms. The molecule has 0 radical (unpaired) electrons. The van der Waals surface area contributed by atoms with Crippen LogP contribution in [0.1, 0.15) is 30.1 Å². The van der Waals surface area contributed by atoms with Gasteiger partial charge >= 0.3 is 0 Å². The summed E-state index contributed by atoms with van der Waals surface area (Å²) in [5, 5.41) is 12.1. The number of carbonyl (C=O) groups is 2. The number of amides is 2. The highest BCUT2D eigenvalue weighted by molar-refractivity contribution is 14.0. The molecule has 0 aromatic heterocycles. The van der Waals surface area contributed by atoms with Crippen LogP contribution in [-0.2, 0) is 4.79 Å². The predicted octanol–water partition coefficient (Wildman–Crippen LogP) is 1.88. The van der Waals surface area contributed by atoms with Crippen molar-refractivity contribution >= 4 is 57.7 Å². The van der Waals surface area contributed by atoms with E-state index in [9.17, 15) is 9.59 Å². The number of benzene rings is 1. The van der Waals surface area contributed by atoms with Crippen molar-refractivity contribution in [3.63, 3.8) is 0 Å². The molecule has 2 amide bonds. The highest BCUT2D eigenvalue weighted by Crippen LogP contribution is 2.28. The zero-order chi connectivity index (χ0) is 18.8. The normalized spacial score (nSPS) is 13.3. The van der Waals surface area contributed by atoms with Gasteiger partial charge in [-0.3, -0.25) is 14.6 Å². The molecular formula is C18H27BrIN5O2. The first-order chi connectivity index (χ1) is 12.6. The number of guanidine groups is 1. The fraction of sp³-hybridized carbons (Fsp3) is 0.500. The maximum Gasteiger partial charge on any atom is 0.251 e. The van der Waals surface area contributed by atoms with E-state index in [4.69, 9.17) is 0 Å². The molecule has 0 saturated heterocycles. The van der Waals surface area contributed by atoms with Gasteiger partial charge in [-0.25, -0.2) is 0 Å². The van der Waals surface area contributed by atoms with Crippen molar-refractivity contribution in [1.29, 1.82) is 0 Å². The van der Waals surface area contributed by atoms with Gasteiger partial charge in [0.05, 0.1) is 6.54 Å². The standard InChI is InChI=1S/C18H26BrN5O2.HI/c1-2-20-18(23-10-8-21-16(25)13-6-7-13)24-11-9-22-17(26)14-4-3-5-15(19)12-14;/h3-5,12-13H,2,6-11H2,1H3,(H,21,25)(H,22,26)(H2,20,23,24);1H. The third-order valence-corrected chi connectivity index (χ3v) is 4.26. The topological polar surface area (TPSA) is 94.6 Å². The van der Waals surface area contributed by atoms with E-state index in [2.05, 4.69) is 42.2 Å². The van der Waals surface area contributed by atoms with Crippen LogP contribution in [0.4, 0.5) is 0 Å². The quantitative estimate of drug-likeness (QED) is 0.163. The Hall–Kier alpha value is -1.36. The lowest BCUT2D eigenvalue weighted by Gasteiger charge is -2.12. The molecule has 0 atom stereocenters. The molecule has 0 unspecified atom stereocenters. The summed E-state index contributed by atoms with van der Waals surface area (Å²) in [5.41, 5.74) is 0.617. The minimum absolute atomic E-state index is 0. The average Bonchev–Trinajstić information content (AvgIpc) is 3.47. The van der Waals surface area contributed by atoms with Gasteiger partial charge in [0.1, 0.15) is 0 Å². The Morgan fingerprint density at radius 1 is 1.11 bits per heavy atom. The summed E-state index contributed by atoms with van der Waals surface area (Å²) in [5.74, 6) is 0.912. The molecule has 0 spiro atoms. The van der Waals surface area contributed by atoms with E-state index in [1.165, 1.54) is 0 Å². The summed E-state index contributed by atoms with van der Waals surface area (Å²) < 4.78 is 0.874. The van der Waals surface area contributed by atoms with Gasteiger partial charge in [0.2, 0.25) is 5.91 Å². The van der Waals surface area contributed by atoms with Crippen LogP contribution < -0.4 is 21.3 Å². The Morgan fingerprint density at radius 3 is 2.52 bits per heavy atom. The van der Waals surface area contributed by atoms with Crippen LogP contribution in [0, 0.1) is 5.92 Å². The molecule has 1 aliphatic carbocycles. The molecule has 0 heterocycles. The molecule has 0 aliphatic heterocycles. The first kappa shape index (κ1) is 23.7. The fourth-order valence-corrected chi connectivity index (χ4v) is 2.67. The summed E-state index contributed by atoms with van der Waals surface area (Å²) in [6.07, 6.45) is 2.01. The van der Waals surface area contributed by atoms with Crippen LogP contribution in [0.5, 0.6) is 0 Å². The second-order valence-electron chi connectivity index (χ2n) is 6.02. The molecule has 27 heavy (non-hydrogen) atoms. The van der Waals surface area contributed by atoms with Gasteiger partial charge in [-0.15, -0.1) is 24.0 Å². The second-order valence-corrected chi connectivity index (χ2v) is 6.93. The molecule has 1 fully saturated rings. The van der Waals surface area contributed by atoms with E-state index in [-0.39, 0.29) is 41.7 Å². The SMILES string of the molecule is CCNC(=NCCNC(=O)C1CC1)NCCNC(=O)c1cccc(Br)c1.I. The number of hydrogen-bond donors (Lipinski definition) is 4. The largest absolute Gasteiger partial charge is 0.357 e.